The first-order valence-electron chi connectivity index (χ1n) is 12.8. The van der Waals surface area contributed by atoms with Gasteiger partial charge >= 0.3 is 0 Å². The molecule has 0 rings (SSSR count). The monoisotopic (exact) mass is 384 g/mol. The number of rotatable bonds is 14. The smallest absolute Gasteiger partial charge is 0.0420 e. The molecule has 0 spiro atoms. The molecule has 0 aliphatic heterocycles. The zero-order valence-electron chi connectivity index (χ0n) is 21.7. The average Bonchev–Trinajstić information content (AvgIpc) is 2.62. The Morgan fingerprint density at radius 2 is 0.815 bits per heavy atom. The Hall–Kier alpha value is 0. The second kappa shape index (κ2) is 24.0. The van der Waals surface area contributed by atoms with Gasteiger partial charge in [-0.15, -0.1) is 0 Å². The second-order valence-corrected chi connectivity index (χ2v) is 9.47. The predicted octanol–water partition coefficient (Wildman–Crippen LogP) is 10.6. The minimum atomic E-state index is 0.849. The van der Waals surface area contributed by atoms with Crippen molar-refractivity contribution in [3.05, 3.63) is 0 Å². The van der Waals surface area contributed by atoms with Gasteiger partial charge in [-0.3, -0.25) is 0 Å². The maximum atomic E-state index is 2.47. The van der Waals surface area contributed by atoms with Crippen molar-refractivity contribution in [1.29, 1.82) is 0 Å². The molecule has 0 radical (unpaired) electrons. The minimum Gasteiger partial charge on any atom is -0.0683 e. The third-order valence-corrected chi connectivity index (χ3v) is 5.82. The molecule has 0 amide bonds. The molecule has 0 aromatic carbocycles. The van der Waals surface area contributed by atoms with Gasteiger partial charge in [0, 0.05) is 0 Å². The van der Waals surface area contributed by atoms with Crippen molar-refractivity contribution < 1.29 is 0 Å². The van der Waals surface area contributed by atoms with Crippen molar-refractivity contribution in [3.63, 3.8) is 0 Å². The van der Waals surface area contributed by atoms with Crippen molar-refractivity contribution in [3.8, 4) is 0 Å². The van der Waals surface area contributed by atoms with Gasteiger partial charge in [-0.25, -0.2) is 0 Å². The fourth-order valence-electron chi connectivity index (χ4n) is 3.44. The molecule has 0 heterocycles. The normalized spacial score (nSPS) is 15.1. The van der Waals surface area contributed by atoms with E-state index in [1.54, 1.807) is 0 Å². The van der Waals surface area contributed by atoms with Crippen LogP contribution in [0.3, 0.4) is 0 Å². The van der Waals surface area contributed by atoms with Crippen LogP contribution in [0.1, 0.15) is 147 Å². The summed E-state index contributed by atoms with van der Waals surface area (Å²) in [6.45, 7) is 25.0. The molecule has 0 bridgehead atoms. The Labute approximate surface area is 176 Å². The van der Waals surface area contributed by atoms with Crippen LogP contribution in [0, 0.1) is 29.6 Å². The molecule has 0 N–H and O–H groups in total. The van der Waals surface area contributed by atoms with Crippen molar-refractivity contribution in [2.24, 2.45) is 29.6 Å². The highest BCUT2D eigenvalue weighted by Crippen LogP contribution is 2.24. The van der Waals surface area contributed by atoms with Crippen molar-refractivity contribution >= 4 is 0 Å². The van der Waals surface area contributed by atoms with E-state index in [1.807, 2.05) is 13.8 Å². The zero-order chi connectivity index (χ0) is 21.7. The molecule has 0 aliphatic carbocycles. The summed E-state index contributed by atoms with van der Waals surface area (Å²) in [5.41, 5.74) is 0. The lowest BCUT2D eigenvalue weighted by Crippen LogP contribution is -2.06. The molecular weight excluding hydrogens is 324 g/mol. The fourth-order valence-corrected chi connectivity index (χ4v) is 3.44. The van der Waals surface area contributed by atoms with Gasteiger partial charge in [0.05, 0.1) is 0 Å². The van der Waals surface area contributed by atoms with Gasteiger partial charge in [-0.2, -0.15) is 0 Å². The largest absolute Gasteiger partial charge is 0.0683 e. The summed E-state index contributed by atoms with van der Waals surface area (Å²) in [7, 11) is 0. The summed E-state index contributed by atoms with van der Waals surface area (Å²) in [5, 5.41) is 0. The van der Waals surface area contributed by atoms with Crippen LogP contribution in [0.15, 0.2) is 0 Å². The van der Waals surface area contributed by atoms with E-state index in [-0.39, 0.29) is 0 Å². The Bertz CT molecular complexity index is 242. The molecule has 4 unspecified atom stereocenters. The van der Waals surface area contributed by atoms with E-state index in [0.717, 1.165) is 29.6 Å². The van der Waals surface area contributed by atoms with E-state index in [0.29, 0.717) is 0 Å². The average molecular weight is 385 g/mol. The van der Waals surface area contributed by atoms with Crippen LogP contribution in [0.25, 0.3) is 0 Å². The fraction of sp³-hybridized carbons (Fsp3) is 1.00. The Balaban J connectivity index is -0.00000104. The Morgan fingerprint density at radius 1 is 0.481 bits per heavy atom. The van der Waals surface area contributed by atoms with Gasteiger partial charge in [0.2, 0.25) is 0 Å². The standard InChI is InChI=1S/C22H46.C3H8.C2H6/c1-8-11-19(4)12-9-13-20(5)14-10-15-21(6)16-17-22(7)18(2)3;1-3-2;1-2/h18-22H,8-17H2,1-7H3;3H2,1-2H3;1-2H3. The first-order chi connectivity index (χ1) is 12.8. The van der Waals surface area contributed by atoms with Crippen LogP contribution < -0.4 is 0 Å². The minimum absolute atomic E-state index is 0.849. The quantitative estimate of drug-likeness (QED) is 0.279. The predicted molar refractivity (Wildman–Crippen MR) is 131 cm³/mol. The first-order valence-corrected chi connectivity index (χ1v) is 12.8. The number of hydrogen-bond donors (Lipinski definition) is 0. The Kier molecular flexibility index (Phi) is 28.2. The molecule has 0 heteroatoms. The third kappa shape index (κ3) is 26.0. The van der Waals surface area contributed by atoms with E-state index in [2.05, 4.69) is 62.3 Å². The van der Waals surface area contributed by atoms with Gasteiger partial charge in [0.1, 0.15) is 0 Å². The van der Waals surface area contributed by atoms with Crippen LogP contribution in [0.2, 0.25) is 0 Å². The van der Waals surface area contributed by atoms with Crippen LogP contribution in [0.4, 0.5) is 0 Å². The maximum Gasteiger partial charge on any atom is -0.0420 e. The molecule has 0 fully saturated rings. The van der Waals surface area contributed by atoms with Crippen LogP contribution in [-0.4, -0.2) is 0 Å². The lowest BCUT2D eigenvalue weighted by atomic mass is 9.87. The summed E-state index contributed by atoms with van der Waals surface area (Å²) >= 11 is 0. The van der Waals surface area contributed by atoms with Gasteiger partial charge in [0.15, 0.2) is 0 Å². The van der Waals surface area contributed by atoms with Crippen molar-refractivity contribution in [1.82, 2.24) is 0 Å². The maximum absolute atomic E-state index is 2.47. The molecule has 0 aliphatic rings. The third-order valence-electron chi connectivity index (χ3n) is 5.82. The lowest BCUT2D eigenvalue weighted by molar-refractivity contribution is 0.331. The molecule has 0 saturated heterocycles. The molecule has 0 nitrogen and oxygen atoms in total. The molecule has 27 heavy (non-hydrogen) atoms. The van der Waals surface area contributed by atoms with Gasteiger partial charge in [-0.1, -0.05) is 147 Å². The summed E-state index contributed by atoms with van der Waals surface area (Å²) in [4.78, 5) is 0. The highest BCUT2D eigenvalue weighted by molar-refractivity contribution is 4.63. The molecule has 0 aromatic heterocycles. The molecule has 0 aromatic rings. The topological polar surface area (TPSA) is 0 Å². The molecule has 0 saturated carbocycles. The van der Waals surface area contributed by atoms with Gasteiger partial charge in [0.25, 0.3) is 0 Å². The molecule has 168 valence electrons. The highest BCUT2D eigenvalue weighted by atomic mass is 14.2. The van der Waals surface area contributed by atoms with Crippen LogP contribution >= 0.6 is 0 Å². The van der Waals surface area contributed by atoms with Crippen molar-refractivity contribution in [2.75, 3.05) is 0 Å². The SMILES string of the molecule is CC.CCC.CCCC(C)CCCC(C)CCCC(C)CCC(C)C(C)C. The molecule has 4 atom stereocenters. The van der Waals surface area contributed by atoms with E-state index < -0.39 is 0 Å². The zero-order valence-corrected chi connectivity index (χ0v) is 21.7. The van der Waals surface area contributed by atoms with Crippen LogP contribution in [-0.2, 0) is 0 Å². The van der Waals surface area contributed by atoms with Gasteiger partial charge < -0.3 is 0 Å². The first kappa shape index (κ1) is 31.7. The summed E-state index contributed by atoms with van der Waals surface area (Å²) in [6.07, 6.45) is 15.6. The van der Waals surface area contributed by atoms with E-state index >= 15 is 0 Å². The summed E-state index contributed by atoms with van der Waals surface area (Å²) in [5.74, 6) is 4.56. The summed E-state index contributed by atoms with van der Waals surface area (Å²) < 4.78 is 0. The second-order valence-electron chi connectivity index (χ2n) is 9.47. The lowest BCUT2D eigenvalue weighted by Gasteiger charge is -2.19. The number of hydrogen-bond acceptors (Lipinski definition) is 0. The van der Waals surface area contributed by atoms with Crippen molar-refractivity contribution in [2.45, 2.75) is 147 Å². The van der Waals surface area contributed by atoms with Crippen LogP contribution in [0.5, 0.6) is 0 Å². The highest BCUT2D eigenvalue weighted by Gasteiger charge is 2.11. The van der Waals surface area contributed by atoms with E-state index in [1.165, 1.54) is 70.6 Å². The van der Waals surface area contributed by atoms with E-state index in [4.69, 9.17) is 0 Å². The molecular formula is C27H60. The van der Waals surface area contributed by atoms with Gasteiger partial charge in [-0.05, 0) is 29.6 Å². The summed E-state index contributed by atoms with van der Waals surface area (Å²) in [6, 6.07) is 0. The Morgan fingerprint density at radius 3 is 1.15 bits per heavy atom. The van der Waals surface area contributed by atoms with E-state index in [9.17, 15) is 0 Å².